The Morgan fingerprint density at radius 3 is 2.54 bits per heavy atom. The molecule has 3 aliphatic rings. The normalized spacial score (nSPS) is 32.7. The summed E-state index contributed by atoms with van der Waals surface area (Å²) in [6, 6.07) is 7.73. The minimum absolute atomic E-state index is 0. The molecule has 6 nitrogen and oxygen atoms in total. The van der Waals surface area contributed by atoms with Crippen LogP contribution < -0.4 is 5.32 Å². The molecule has 4 heterocycles. The van der Waals surface area contributed by atoms with Gasteiger partial charge in [0.1, 0.15) is 5.60 Å². The second-order valence-corrected chi connectivity index (χ2v) is 8.21. The third-order valence-corrected chi connectivity index (χ3v) is 6.75. The van der Waals surface area contributed by atoms with Crippen LogP contribution in [0.1, 0.15) is 44.2 Å². The Morgan fingerprint density at radius 1 is 1.04 bits per heavy atom. The van der Waals surface area contributed by atoms with Crippen LogP contribution >= 0.6 is 12.4 Å². The van der Waals surface area contributed by atoms with Gasteiger partial charge in [-0.3, -0.25) is 9.88 Å². The number of hydrogen-bond donors (Lipinski definition) is 2. The third kappa shape index (κ3) is 3.54. The monoisotopic (exact) mass is 401 g/mol. The summed E-state index contributed by atoms with van der Waals surface area (Å²) in [6.07, 6.45) is 11.5. The van der Waals surface area contributed by atoms with E-state index < -0.39 is 5.60 Å². The molecule has 7 heteroatoms. The van der Waals surface area contributed by atoms with Crippen LogP contribution in [0.5, 0.6) is 0 Å². The van der Waals surface area contributed by atoms with Gasteiger partial charge in [0, 0.05) is 48.8 Å². The number of halogens is 1. The topological polar surface area (TPSA) is 74.2 Å². The van der Waals surface area contributed by atoms with Crippen LogP contribution in [-0.2, 0) is 5.60 Å². The third-order valence-electron chi connectivity index (χ3n) is 6.75. The molecule has 0 aromatic carbocycles. The first kappa shape index (κ1) is 19.7. The van der Waals surface area contributed by atoms with E-state index in [9.17, 15) is 5.11 Å². The number of likely N-dealkylation sites (tertiary alicyclic amines) is 1. The van der Waals surface area contributed by atoms with Crippen LogP contribution in [0.2, 0.25) is 0 Å². The first-order valence-corrected chi connectivity index (χ1v) is 10.2. The lowest BCUT2D eigenvalue weighted by molar-refractivity contribution is -0.0301. The summed E-state index contributed by atoms with van der Waals surface area (Å²) < 4.78 is 0. The second-order valence-electron chi connectivity index (χ2n) is 8.21. The average molecular weight is 402 g/mol. The highest BCUT2D eigenvalue weighted by molar-refractivity contribution is 5.85. The van der Waals surface area contributed by atoms with Crippen molar-refractivity contribution >= 4 is 12.4 Å². The first-order valence-electron chi connectivity index (χ1n) is 10.2. The molecule has 150 valence electrons. The Bertz CT molecular complexity index is 779. The summed E-state index contributed by atoms with van der Waals surface area (Å²) in [5.41, 5.74) is 0.857. The number of pyridine rings is 1. The summed E-state index contributed by atoms with van der Waals surface area (Å²) >= 11 is 0. The van der Waals surface area contributed by atoms with Crippen LogP contribution in [0, 0.1) is 0 Å². The highest BCUT2D eigenvalue weighted by Gasteiger charge is 2.44. The second kappa shape index (κ2) is 8.03. The van der Waals surface area contributed by atoms with Gasteiger partial charge in [-0.2, -0.15) is 0 Å². The van der Waals surface area contributed by atoms with Crippen LogP contribution in [0.3, 0.4) is 0 Å². The molecule has 0 bridgehead atoms. The average Bonchev–Trinajstić information content (AvgIpc) is 3.34. The molecule has 2 aromatic heterocycles. The molecule has 0 spiro atoms. The maximum absolute atomic E-state index is 11.2. The van der Waals surface area contributed by atoms with E-state index in [0.717, 1.165) is 43.5 Å². The molecule has 2 aliphatic heterocycles. The SMILES string of the molecule is Cl.OC1(c2ccc(-c3ncccn3)cn2)CCC(N2CCC3NCCC32)CC1. The van der Waals surface area contributed by atoms with Crippen molar-refractivity contribution in [1.82, 2.24) is 25.2 Å². The highest BCUT2D eigenvalue weighted by atomic mass is 35.5. The van der Waals surface area contributed by atoms with Crippen molar-refractivity contribution in [2.24, 2.45) is 0 Å². The standard InChI is InChI=1S/C21H27N5O.ClH/c27-21(19-3-2-15(14-25-19)20-23-10-1-11-24-20)8-4-16(5-9-21)26-13-7-17-18(26)6-12-22-17;/h1-3,10-11,14,16-18,22,27H,4-9,12-13H2;1H. The smallest absolute Gasteiger partial charge is 0.160 e. The van der Waals surface area contributed by atoms with Crippen molar-refractivity contribution in [3.63, 3.8) is 0 Å². The molecule has 0 amide bonds. The van der Waals surface area contributed by atoms with E-state index in [1.165, 1.54) is 19.4 Å². The zero-order valence-corrected chi connectivity index (χ0v) is 16.8. The van der Waals surface area contributed by atoms with Gasteiger partial charge in [-0.15, -0.1) is 12.4 Å². The van der Waals surface area contributed by atoms with Gasteiger partial charge in [0.2, 0.25) is 0 Å². The van der Waals surface area contributed by atoms with Crippen molar-refractivity contribution in [1.29, 1.82) is 0 Å². The van der Waals surface area contributed by atoms with Crippen molar-refractivity contribution in [2.75, 3.05) is 13.1 Å². The molecule has 5 rings (SSSR count). The summed E-state index contributed by atoms with van der Waals surface area (Å²) in [5.74, 6) is 0.668. The van der Waals surface area contributed by atoms with E-state index in [-0.39, 0.29) is 12.4 Å². The Kier molecular flexibility index (Phi) is 5.65. The molecule has 0 radical (unpaired) electrons. The van der Waals surface area contributed by atoms with Crippen molar-refractivity contribution < 1.29 is 5.11 Å². The summed E-state index contributed by atoms with van der Waals surface area (Å²) in [7, 11) is 0. The number of nitrogens with zero attached hydrogens (tertiary/aromatic N) is 4. The van der Waals surface area contributed by atoms with Crippen LogP contribution in [0.15, 0.2) is 36.8 Å². The van der Waals surface area contributed by atoms with E-state index in [0.29, 0.717) is 23.9 Å². The van der Waals surface area contributed by atoms with Gasteiger partial charge in [-0.25, -0.2) is 9.97 Å². The fraction of sp³-hybridized carbons (Fsp3) is 0.571. The van der Waals surface area contributed by atoms with Gasteiger partial charge in [-0.05, 0) is 63.3 Å². The fourth-order valence-corrected chi connectivity index (χ4v) is 5.27. The summed E-state index contributed by atoms with van der Waals surface area (Å²) in [6.45, 7) is 2.36. The van der Waals surface area contributed by atoms with Gasteiger partial charge in [0.15, 0.2) is 5.82 Å². The van der Waals surface area contributed by atoms with E-state index in [2.05, 4.69) is 25.2 Å². The molecule has 2 unspecified atom stereocenters. The Morgan fingerprint density at radius 2 is 1.82 bits per heavy atom. The lowest BCUT2D eigenvalue weighted by Gasteiger charge is -2.41. The molecule has 2 aromatic rings. The number of aliphatic hydroxyl groups is 1. The quantitative estimate of drug-likeness (QED) is 0.823. The first-order chi connectivity index (χ1) is 13.2. The van der Waals surface area contributed by atoms with Crippen molar-refractivity contribution in [3.05, 3.63) is 42.5 Å². The van der Waals surface area contributed by atoms with Crippen LogP contribution in [0.4, 0.5) is 0 Å². The highest BCUT2D eigenvalue weighted by Crippen LogP contribution is 2.40. The molecule has 2 saturated heterocycles. The maximum Gasteiger partial charge on any atom is 0.160 e. The zero-order chi connectivity index (χ0) is 18.3. The Labute approximate surface area is 172 Å². The molecule has 2 N–H and O–H groups in total. The molecular weight excluding hydrogens is 374 g/mol. The minimum Gasteiger partial charge on any atom is -0.384 e. The predicted molar refractivity (Wildman–Crippen MR) is 110 cm³/mol. The zero-order valence-electron chi connectivity index (χ0n) is 16.0. The predicted octanol–water partition coefficient (Wildman–Crippen LogP) is 2.53. The summed E-state index contributed by atoms with van der Waals surface area (Å²) in [4.78, 5) is 15.8. The number of fused-ring (bicyclic) bond motifs is 1. The fourth-order valence-electron chi connectivity index (χ4n) is 5.27. The number of hydrogen-bond acceptors (Lipinski definition) is 6. The molecule has 1 saturated carbocycles. The van der Waals surface area contributed by atoms with Crippen LogP contribution in [0.25, 0.3) is 11.4 Å². The van der Waals surface area contributed by atoms with Crippen LogP contribution in [-0.4, -0.2) is 56.2 Å². The van der Waals surface area contributed by atoms with Crippen molar-refractivity contribution in [2.45, 2.75) is 62.3 Å². The van der Waals surface area contributed by atoms with Gasteiger partial charge in [0.05, 0.1) is 5.69 Å². The largest absolute Gasteiger partial charge is 0.384 e. The Hall–Kier alpha value is -1.60. The minimum atomic E-state index is -0.806. The summed E-state index contributed by atoms with van der Waals surface area (Å²) in [5, 5.41) is 14.9. The van der Waals surface area contributed by atoms with E-state index in [1.54, 1.807) is 24.7 Å². The van der Waals surface area contributed by atoms with Gasteiger partial charge in [-0.1, -0.05) is 0 Å². The van der Waals surface area contributed by atoms with Gasteiger partial charge in [0.25, 0.3) is 0 Å². The maximum atomic E-state index is 11.2. The molecular formula is C21H28ClN5O. The molecule has 1 aliphatic carbocycles. The van der Waals surface area contributed by atoms with Crippen molar-refractivity contribution in [3.8, 4) is 11.4 Å². The lowest BCUT2D eigenvalue weighted by Crippen LogP contribution is -2.46. The number of rotatable bonds is 3. The van der Waals surface area contributed by atoms with E-state index in [1.807, 2.05) is 12.1 Å². The van der Waals surface area contributed by atoms with E-state index >= 15 is 0 Å². The molecule has 3 fully saturated rings. The van der Waals surface area contributed by atoms with E-state index in [4.69, 9.17) is 0 Å². The van der Waals surface area contributed by atoms with Gasteiger partial charge >= 0.3 is 0 Å². The van der Waals surface area contributed by atoms with Gasteiger partial charge < -0.3 is 10.4 Å². The molecule has 2 atom stereocenters. The Balaban J connectivity index is 0.00000192. The number of nitrogens with one attached hydrogen (secondary N) is 1. The number of aromatic nitrogens is 3. The lowest BCUT2D eigenvalue weighted by atomic mass is 9.79. The molecule has 28 heavy (non-hydrogen) atoms.